The summed E-state index contributed by atoms with van der Waals surface area (Å²) in [6.45, 7) is 1.42. The summed E-state index contributed by atoms with van der Waals surface area (Å²) >= 11 is 0. The minimum atomic E-state index is -4.60. The number of carbonyl (C=O) groups is 1. The number of aliphatic hydroxyl groups is 1. The first-order valence-corrected chi connectivity index (χ1v) is 4.22. The van der Waals surface area contributed by atoms with Crippen molar-refractivity contribution in [2.75, 3.05) is 0 Å². The molecule has 0 aliphatic rings. The summed E-state index contributed by atoms with van der Waals surface area (Å²) < 4.78 is 35.3. The third kappa shape index (κ3) is 5.06. The molecule has 0 saturated carbocycles. The van der Waals surface area contributed by atoms with Gasteiger partial charge in [-0.1, -0.05) is 6.92 Å². The number of halogens is 3. The Morgan fingerprint density at radius 3 is 2.21 bits per heavy atom. The van der Waals surface area contributed by atoms with E-state index in [4.69, 9.17) is 10.2 Å². The van der Waals surface area contributed by atoms with E-state index in [9.17, 15) is 18.0 Å². The molecule has 84 valence electrons. The van der Waals surface area contributed by atoms with Crippen molar-refractivity contribution in [1.29, 1.82) is 0 Å². The van der Waals surface area contributed by atoms with Crippen LogP contribution in [0.25, 0.3) is 0 Å². The van der Waals surface area contributed by atoms with Crippen molar-refractivity contribution in [3.8, 4) is 0 Å². The molecule has 14 heavy (non-hydrogen) atoms. The van der Waals surface area contributed by atoms with Gasteiger partial charge in [-0.2, -0.15) is 13.2 Å². The molecule has 0 saturated heterocycles. The second-order valence-electron chi connectivity index (χ2n) is 3.23. The first-order valence-electron chi connectivity index (χ1n) is 4.22. The smallest absolute Gasteiger partial charge is 0.414 e. The van der Waals surface area contributed by atoms with Gasteiger partial charge in [0, 0.05) is 0 Å². The highest BCUT2D eigenvalue weighted by Crippen LogP contribution is 2.24. The first kappa shape index (κ1) is 13.2. The molecule has 0 radical (unpaired) electrons. The Morgan fingerprint density at radius 2 is 1.86 bits per heavy atom. The molecule has 6 heteroatoms. The van der Waals surface area contributed by atoms with Crippen molar-refractivity contribution in [2.45, 2.75) is 38.5 Å². The topological polar surface area (TPSA) is 57.5 Å². The molecule has 0 aromatic rings. The lowest BCUT2D eigenvalue weighted by molar-refractivity contribution is -0.205. The molecule has 2 atom stereocenters. The van der Waals surface area contributed by atoms with Crippen LogP contribution in [0.2, 0.25) is 0 Å². The lowest BCUT2D eigenvalue weighted by Gasteiger charge is -2.14. The monoisotopic (exact) mass is 214 g/mol. The van der Waals surface area contributed by atoms with E-state index < -0.39 is 30.6 Å². The van der Waals surface area contributed by atoms with E-state index in [-0.39, 0.29) is 12.8 Å². The second kappa shape index (κ2) is 5.19. The van der Waals surface area contributed by atoms with E-state index in [0.29, 0.717) is 0 Å². The lowest BCUT2D eigenvalue weighted by atomic mass is 10.0. The van der Waals surface area contributed by atoms with Gasteiger partial charge in [-0.25, -0.2) is 0 Å². The standard InChI is InChI=1S/C8H13F3O3/c1-5(7(13)14)3-2-4-6(12)8(9,10)11/h5-6,12H,2-4H2,1H3,(H,13,14)/t5-,6?/m0/s1. The van der Waals surface area contributed by atoms with E-state index in [2.05, 4.69) is 0 Å². The van der Waals surface area contributed by atoms with E-state index in [1.807, 2.05) is 0 Å². The summed E-state index contributed by atoms with van der Waals surface area (Å²) in [6, 6.07) is 0. The molecule has 0 spiro atoms. The second-order valence-corrected chi connectivity index (χ2v) is 3.23. The SMILES string of the molecule is C[C@@H](CCCC(O)C(F)(F)F)C(=O)O. The highest BCUT2D eigenvalue weighted by molar-refractivity contribution is 5.69. The summed E-state index contributed by atoms with van der Waals surface area (Å²) in [7, 11) is 0. The minimum Gasteiger partial charge on any atom is -0.481 e. The van der Waals surface area contributed by atoms with Gasteiger partial charge >= 0.3 is 12.1 Å². The Hall–Kier alpha value is -0.780. The van der Waals surface area contributed by atoms with Crippen LogP contribution in [-0.4, -0.2) is 28.5 Å². The zero-order valence-electron chi connectivity index (χ0n) is 7.71. The predicted molar refractivity (Wildman–Crippen MR) is 42.7 cm³/mol. The van der Waals surface area contributed by atoms with E-state index >= 15 is 0 Å². The fourth-order valence-corrected chi connectivity index (χ4v) is 0.905. The van der Waals surface area contributed by atoms with Gasteiger partial charge < -0.3 is 10.2 Å². The number of rotatable bonds is 5. The maximum absolute atomic E-state index is 11.8. The molecule has 0 amide bonds. The van der Waals surface area contributed by atoms with E-state index in [1.165, 1.54) is 6.92 Å². The summed E-state index contributed by atoms with van der Waals surface area (Å²) in [6.07, 6.45) is -7.20. The van der Waals surface area contributed by atoms with Crippen molar-refractivity contribution in [3.63, 3.8) is 0 Å². The van der Waals surface area contributed by atoms with Gasteiger partial charge in [0.25, 0.3) is 0 Å². The number of aliphatic hydroxyl groups excluding tert-OH is 1. The van der Waals surface area contributed by atoms with Gasteiger partial charge in [-0.05, 0) is 19.3 Å². The molecular formula is C8H13F3O3. The summed E-state index contributed by atoms with van der Waals surface area (Å²) in [5.41, 5.74) is 0. The molecule has 0 aliphatic carbocycles. The molecule has 0 aromatic heterocycles. The largest absolute Gasteiger partial charge is 0.481 e. The molecule has 0 rings (SSSR count). The number of hydrogen-bond donors (Lipinski definition) is 2. The third-order valence-electron chi connectivity index (χ3n) is 1.91. The summed E-state index contributed by atoms with van der Waals surface area (Å²) in [5.74, 6) is -1.71. The van der Waals surface area contributed by atoms with Gasteiger partial charge in [0.2, 0.25) is 0 Å². The van der Waals surface area contributed by atoms with E-state index in [0.717, 1.165) is 0 Å². The third-order valence-corrected chi connectivity index (χ3v) is 1.91. The molecule has 0 aromatic carbocycles. The zero-order valence-corrected chi connectivity index (χ0v) is 7.71. The van der Waals surface area contributed by atoms with Crippen LogP contribution >= 0.6 is 0 Å². The van der Waals surface area contributed by atoms with Crippen molar-refractivity contribution in [2.24, 2.45) is 5.92 Å². The Morgan fingerprint density at radius 1 is 1.36 bits per heavy atom. The van der Waals surface area contributed by atoms with Crippen LogP contribution in [0.5, 0.6) is 0 Å². The van der Waals surface area contributed by atoms with E-state index in [1.54, 1.807) is 0 Å². The molecular weight excluding hydrogens is 201 g/mol. The van der Waals surface area contributed by atoms with Gasteiger partial charge in [0.15, 0.2) is 0 Å². The van der Waals surface area contributed by atoms with Gasteiger partial charge in [0.05, 0.1) is 5.92 Å². The first-order chi connectivity index (χ1) is 6.25. The predicted octanol–water partition coefficient (Wildman–Crippen LogP) is 1.80. The summed E-state index contributed by atoms with van der Waals surface area (Å²) in [4.78, 5) is 10.3. The molecule has 0 heterocycles. The van der Waals surface area contributed by atoms with Crippen LogP contribution in [0.15, 0.2) is 0 Å². The van der Waals surface area contributed by atoms with Gasteiger partial charge in [-0.3, -0.25) is 4.79 Å². The summed E-state index contributed by atoms with van der Waals surface area (Å²) in [5, 5.41) is 17.0. The highest BCUT2D eigenvalue weighted by Gasteiger charge is 2.37. The Balaban J connectivity index is 3.70. The molecule has 2 N–H and O–H groups in total. The maximum Gasteiger partial charge on any atom is 0.414 e. The Labute approximate surface area is 79.5 Å². The minimum absolute atomic E-state index is 0.0497. The number of hydrogen-bond acceptors (Lipinski definition) is 2. The molecule has 1 unspecified atom stereocenters. The number of carboxylic acid groups (broad SMARTS) is 1. The Bertz CT molecular complexity index is 191. The number of aliphatic carboxylic acids is 1. The lowest BCUT2D eigenvalue weighted by Crippen LogP contribution is -2.28. The van der Waals surface area contributed by atoms with Crippen LogP contribution in [0, 0.1) is 5.92 Å². The molecule has 0 aliphatic heterocycles. The van der Waals surface area contributed by atoms with Crippen molar-refractivity contribution < 1.29 is 28.2 Å². The van der Waals surface area contributed by atoms with Crippen LogP contribution in [-0.2, 0) is 4.79 Å². The molecule has 0 fully saturated rings. The van der Waals surface area contributed by atoms with Gasteiger partial charge in [-0.15, -0.1) is 0 Å². The number of alkyl halides is 3. The van der Waals surface area contributed by atoms with Crippen LogP contribution in [0.4, 0.5) is 13.2 Å². The van der Waals surface area contributed by atoms with Crippen LogP contribution < -0.4 is 0 Å². The average Bonchev–Trinajstić information content (AvgIpc) is 2.01. The Kier molecular flexibility index (Phi) is 4.90. The van der Waals surface area contributed by atoms with Gasteiger partial charge in [0.1, 0.15) is 6.10 Å². The fraction of sp³-hybridized carbons (Fsp3) is 0.875. The average molecular weight is 214 g/mol. The van der Waals surface area contributed by atoms with Crippen molar-refractivity contribution in [3.05, 3.63) is 0 Å². The van der Waals surface area contributed by atoms with Crippen molar-refractivity contribution in [1.82, 2.24) is 0 Å². The fourth-order valence-electron chi connectivity index (χ4n) is 0.905. The quantitative estimate of drug-likeness (QED) is 0.733. The normalized spacial score (nSPS) is 16.4. The van der Waals surface area contributed by atoms with Crippen molar-refractivity contribution >= 4 is 5.97 Å². The van der Waals surface area contributed by atoms with Crippen LogP contribution in [0.3, 0.4) is 0 Å². The maximum atomic E-state index is 11.8. The molecule has 3 nitrogen and oxygen atoms in total. The van der Waals surface area contributed by atoms with Crippen LogP contribution in [0.1, 0.15) is 26.2 Å². The molecule has 0 bridgehead atoms. The highest BCUT2D eigenvalue weighted by atomic mass is 19.4. The zero-order chi connectivity index (χ0) is 11.4. The number of carboxylic acids is 1.